The summed E-state index contributed by atoms with van der Waals surface area (Å²) in [6.07, 6.45) is 1.07. The van der Waals surface area contributed by atoms with Crippen molar-refractivity contribution < 1.29 is 14.3 Å². The van der Waals surface area contributed by atoms with Crippen LogP contribution in [-0.4, -0.2) is 33.4 Å². The number of aromatic nitrogens is 3. The molecule has 6 rings (SSSR count). The van der Waals surface area contributed by atoms with Crippen molar-refractivity contribution in [3.63, 3.8) is 0 Å². The normalized spacial score (nSPS) is 12.5. The van der Waals surface area contributed by atoms with Crippen molar-refractivity contribution in [2.75, 3.05) is 7.11 Å². The molecule has 3 aromatic heterocycles. The minimum absolute atomic E-state index is 0.0522. The SMILES string of the molecule is COc1ccc2ccc(-c3cc(-c4nc5cc(C)c([C@H](OC(C)(C)C)C(C)=O)c(-c6ccc(Cl)cc6)c5s4)ccn3)cc2n1. The van der Waals surface area contributed by atoms with Crippen LogP contribution in [0.2, 0.25) is 5.02 Å². The highest BCUT2D eigenvalue weighted by Crippen LogP contribution is 2.44. The van der Waals surface area contributed by atoms with E-state index in [1.54, 1.807) is 31.6 Å². The summed E-state index contributed by atoms with van der Waals surface area (Å²) in [5.41, 5.74) is 7.57. The molecule has 0 amide bonds. The maximum atomic E-state index is 13.1. The van der Waals surface area contributed by atoms with E-state index in [4.69, 9.17) is 26.1 Å². The molecule has 6 aromatic rings. The maximum absolute atomic E-state index is 13.1. The Morgan fingerprint density at radius 3 is 2.32 bits per heavy atom. The maximum Gasteiger partial charge on any atom is 0.213 e. The number of carbonyl (C=O) groups excluding carboxylic acids is 1. The molecule has 0 fully saturated rings. The zero-order valence-corrected chi connectivity index (χ0v) is 27.0. The molecule has 44 heavy (non-hydrogen) atoms. The molecule has 3 aromatic carbocycles. The molecule has 0 aliphatic heterocycles. The molecule has 0 bridgehead atoms. The van der Waals surface area contributed by atoms with Gasteiger partial charge in [0.2, 0.25) is 5.88 Å². The monoisotopic (exact) mass is 621 g/mol. The number of hydrogen-bond acceptors (Lipinski definition) is 7. The van der Waals surface area contributed by atoms with Crippen LogP contribution in [0.3, 0.4) is 0 Å². The number of halogens is 1. The highest BCUT2D eigenvalue weighted by molar-refractivity contribution is 7.22. The van der Waals surface area contributed by atoms with Crippen LogP contribution in [-0.2, 0) is 9.53 Å². The molecule has 0 aliphatic carbocycles. The minimum Gasteiger partial charge on any atom is -0.481 e. The summed E-state index contributed by atoms with van der Waals surface area (Å²) >= 11 is 7.87. The number of hydrogen-bond donors (Lipinski definition) is 0. The largest absolute Gasteiger partial charge is 0.481 e. The number of ketones is 1. The number of methoxy groups -OCH3 is 1. The van der Waals surface area contributed by atoms with Crippen LogP contribution in [0.1, 0.15) is 44.9 Å². The third-order valence-electron chi connectivity index (χ3n) is 7.34. The number of benzene rings is 3. The van der Waals surface area contributed by atoms with Gasteiger partial charge in [-0.25, -0.2) is 9.97 Å². The number of aryl methyl sites for hydroxylation is 1. The van der Waals surface area contributed by atoms with Crippen molar-refractivity contribution in [2.24, 2.45) is 0 Å². The van der Waals surface area contributed by atoms with Crippen molar-refractivity contribution in [1.82, 2.24) is 15.0 Å². The van der Waals surface area contributed by atoms with Crippen molar-refractivity contribution >= 4 is 49.8 Å². The molecular formula is C36H32ClN3O3S. The smallest absolute Gasteiger partial charge is 0.213 e. The van der Waals surface area contributed by atoms with E-state index in [0.717, 1.165) is 65.2 Å². The highest BCUT2D eigenvalue weighted by Gasteiger charge is 2.30. The van der Waals surface area contributed by atoms with Gasteiger partial charge < -0.3 is 9.47 Å². The van der Waals surface area contributed by atoms with Gasteiger partial charge in [0.05, 0.1) is 34.1 Å². The second-order valence-corrected chi connectivity index (χ2v) is 13.2. The Balaban J connectivity index is 1.51. The molecule has 0 N–H and O–H groups in total. The van der Waals surface area contributed by atoms with Crippen molar-refractivity contribution in [1.29, 1.82) is 0 Å². The number of rotatable bonds is 7. The van der Waals surface area contributed by atoms with Crippen molar-refractivity contribution in [3.8, 4) is 38.8 Å². The van der Waals surface area contributed by atoms with Crippen LogP contribution in [0.25, 0.3) is 54.1 Å². The number of carbonyl (C=O) groups is 1. The molecule has 0 spiro atoms. The number of Topliss-reactive ketones (excluding diaryl/α,β-unsaturated/α-hetero) is 1. The quantitative estimate of drug-likeness (QED) is 0.177. The van der Waals surface area contributed by atoms with Gasteiger partial charge in [0.25, 0.3) is 0 Å². The molecule has 0 unspecified atom stereocenters. The Labute approximate surface area is 265 Å². The van der Waals surface area contributed by atoms with Gasteiger partial charge >= 0.3 is 0 Å². The summed E-state index contributed by atoms with van der Waals surface area (Å²) in [6, 6.07) is 23.7. The van der Waals surface area contributed by atoms with Gasteiger partial charge in [0.15, 0.2) is 5.78 Å². The number of pyridine rings is 2. The van der Waals surface area contributed by atoms with Crippen LogP contribution in [0.15, 0.2) is 79.0 Å². The molecule has 6 nitrogen and oxygen atoms in total. The zero-order valence-electron chi connectivity index (χ0n) is 25.4. The van der Waals surface area contributed by atoms with E-state index in [9.17, 15) is 4.79 Å². The van der Waals surface area contributed by atoms with Crippen LogP contribution >= 0.6 is 22.9 Å². The predicted molar refractivity (Wildman–Crippen MR) is 180 cm³/mol. The summed E-state index contributed by atoms with van der Waals surface area (Å²) in [4.78, 5) is 27.4. The zero-order chi connectivity index (χ0) is 31.2. The van der Waals surface area contributed by atoms with Gasteiger partial charge in [-0.1, -0.05) is 35.9 Å². The van der Waals surface area contributed by atoms with Gasteiger partial charge in [0, 0.05) is 44.9 Å². The minimum atomic E-state index is -0.733. The van der Waals surface area contributed by atoms with Crippen LogP contribution in [0.4, 0.5) is 0 Å². The average molecular weight is 622 g/mol. The molecule has 0 aliphatic rings. The number of ether oxygens (including phenoxy) is 2. The van der Waals surface area contributed by atoms with E-state index >= 15 is 0 Å². The molecule has 1 atom stereocenters. The van der Waals surface area contributed by atoms with E-state index in [2.05, 4.69) is 22.1 Å². The topological polar surface area (TPSA) is 74.2 Å². The van der Waals surface area contributed by atoms with E-state index in [0.29, 0.717) is 10.9 Å². The number of fused-ring (bicyclic) bond motifs is 2. The van der Waals surface area contributed by atoms with E-state index in [-0.39, 0.29) is 5.78 Å². The van der Waals surface area contributed by atoms with Gasteiger partial charge in [0.1, 0.15) is 11.1 Å². The van der Waals surface area contributed by atoms with Crippen molar-refractivity contribution in [2.45, 2.75) is 46.3 Å². The predicted octanol–water partition coefficient (Wildman–Crippen LogP) is 9.66. The highest BCUT2D eigenvalue weighted by atomic mass is 35.5. The summed E-state index contributed by atoms with van der Waals surface area (Å²) < 4.78 is 12.7. The second kappa shape index (κ2) is 11.7. The first-order valence-corrected chi connectivity index (χ1v) is 15.5. The molecular weight excluding hydrogens is 590 g/mol. The van der Waals surface area contributed by atoms with E-state index in [1.807, 2.05) is 88.4 Å². The summed E-state index contributed by atoms with van der Waals surface area (Å²) in [6.45, 7) is 9.50. The number of thiazole rings is 1. The summed E-state index contributed by atoms with van der Waals surface area (Å²) in [5, 5.41) is 2.52. The van der Waals surface area contributed by atoms with Gasteiger partial charge in [-0.3, -0.25) is 9.78 Å². The fourth-order valence-corrected chi connectivity index (χ4v) is 6.61. The fraction of sp³-hybridized carbons (Fsp3) is 0.222. The van der Waals surface area contributed by atoms with Crippen LogP contribution in [0, 0.1) is 6.92 Å². The van der Waals surface area contributed by atoms with E-state index < -0.39 is 11.7 Å². The van der Waals surface area contributed by atoms with Crippen molar-refractivity contribution in [3.05, 3.63) is 95.1 Å². The summed E-state index contributed by atoms with van der Waals surface area (Å²) in [7, 11) is 1.61. The Bertz CT molecular complexity index is 2030. The molecule has 3 heterocycles. The molecule has 0 saturated heterocycles. The van der Waals surface area contributed by atoms with Gasteiger partial charge in [-0.2, -0.15) is 0 Å². The lowest BCUT2D eigenvalue weighted by Crippen LogP contribution is -2.27. The first-order chi connectivity index (χ1) is 21.0. The standard InChI is InChI=1S/C36H32ClN3O3S/c1-20-17-29-34(32(23-9-12-26(37)13-10-23)31(20)33(21(2)41)43-36(3,4)5)44-35(40-29)25-15-16-38-27(19-25)24-8-7-22-11-14-30(42-6)39-28(22)18-24/h7-19,33H,1-6H3/t33-/m1/s1. The third-order valence-corrected chi connectivity index (χ3v) is 8.73. The molecule has 8 heteroatoms. The first kappa shape index (κ1) is 29.9. The van der Waals surface area contributed by atoms with Crippen LogP contribution in [0.5, 0.6) is 5.88 Å². The molecule has 222 valence electrons. The molecule has 0 radical (unpaired) electrons. The Morgan fingerprint density at radius 2 is 1.61 bits per heavy atom. The average Bonchev–Trinajstić information content (AvgIpc) is 3.42. The lowest BCUT2D eigenvalue weighted by Gasteiger charge is -2.29. The lowest BCUT2D eigenvalue weighted by molar-refractivity contribution is -0.138. The Hall–Kier alpha value is -4.17. The molecule has 0 saturated carbocycles. The number of nitrogens with zero attached hydrogens (tertiary/aromatic N) is 3. The fourth-order valence-electron chi connectivity index (χ4n) is 5.37. The van der Waals surface area contributed by atoms with Gasteiger partial charge in [-0.05, 0) is 88.2 Å². The van der Waals surface area contributed by atoms with Crippen LogP contribution < -0.4 is 4.74 Å². The summed E-state index contributed by atoms with van der Waals surface area (Å²) in [5.74, 6) is 0.514. The van der Waals surface area contributed by atoms with Gasteiger partial charge in [-0.15, -0.1) is 11.3 Å². The second-order valence-electron chi connectivity index (χ2n) is 11.8. The first-order valence-electron chi connectivity index (χ1n) is 14.3. The Kier molecular flexibility index (Phi) is 7.97. The third kappa shape index (κ3) is 5.95. The Morgan fingerprint density at radius 1 is 0.886 bits per heavy atom. The van der Waals surface area contributed by atoms with E-state index in [1.165, 1.54) is 0 Å². The lowest BCUT2D eigenvalue weighted by atomic mass is 9.90.